The summed E-state index contributed by atoms with van der Waals surface area (Å²) >= 11 is 0. The fourth-order valence-corrected chi connectivity index (χ4v) is 2.73. The number of carbonyl (C=O) groups is 1. The molecule has 0 heterocycles. The van der Waals surface area contributed by atoms with Crippen LogP contribution in [0.25, 0.3) is 0 Å². The fraction of sp³-hybridized carbons (Fsp3) is 0.235. The van der Waals surface area contributed by atoms with Gasteiger partial charge in [0.15, 0.2) is 0 Å². The molecule has 108 valence electrons. The van der Waals surface area contributed by atoms with Crippen molar-refractivity contribution in [1.82, 2.24) is 0 Å². The summed E-state index contributed by atoms with van der Waals surface area (Å²) < 4.78 is 5.84. The number of rotatable bonds is 3. The van der Waals surface area contributed by atoms with Crippen molar-refractivity contribution in [2.45, 2.75) is 25.7 Å². The highest BCUT2D eigenvalue weighted by atomic mass is 16.5. The molecule has 4 N–H and O–H groups in total. The molecular weight excluding hydrogens is 264 g/mol. The van der Waals surface area contributed by atoms with Crippen LogP contribution in [0.15, 0.2) is 36.4 Å². The van der Waals surface area contributed by atoms with Gasteiger partial charge in [0.25, 0.3) is 5.91 Å². The SMILES string of the molecule is NC(=O)c1cc(N)ccc1Oc1ccc2c(c1)CCCC2. The highest BCUT2D eigenvalue weighted by Crippen LogP contribution is 2.30. The van der Waals surface area contributed by atoms with Crippen LogP contribution < -0.4 is 16.2 Å². The van der Waals surface area contributed by atoms with E-state index in [2.05, 4.69) is 12.1 Å². The maximum atomic E-state index is 11.5. The first-order chi connectivity index (χ1) is 10.1. The van der Waals surface area contributed by atoms with Crippen LogP contribution in [0.1, 0.15) is 34.3 Å². The molecule has 0 saturated heterocycles. The van der Waals surface area contributed by atoms with Gasteiger partial charge in [0.1, 0.15) is 11.5 Å². The lowest BCUT2D eigenvalue weighted by molar-refractivity contribution is 0.0998. The maximum Gasteiger partial charge on any atom is 0.252 e. The number of benzene rings is 2. The second kappa shape index (κ2) is 5.48. The molecule has 1 aliphatic carbocycles. The van der Waals surface area contributed by atoms with E-state index in [9.17, 15) is 4.79 Å². The fourth-order valence-electron chi connectivity index (χ4n) is 2.73. The van der Waals surface area contributed by atoms with E-state index in [1.807, 2.05) is 6.07 Å². The Balaban J connectivity index is 1.92. The van der Waals surface area contributed by atoms with Crippen LogP contribution in [0.3, 0.4) is 0 Å². The first kappa shape index (κ1) is 13.5. The van der Waals surface area contributed by atoms with Gasteiger partial charge in [-0.15, -0.1) is 0 Å². The standard InChI is InChI=1S/C17H18N2O2/c18-13-6-8-16(15(10-13)17(19)20)21-14-7-5-11-3-1-2-4-12(11)9-14/h5-10H,1-4,18H2,(H2,19,20). The van der Waals surface area contributed by atoms with E-state index in [1.165, 1.54) is 30.0 Å². The van der Waals surface area contributed by atoms with Crippen molar-refractivity contribution < 1.29 is 9.53 Å². The first-order valence-corrected chi connectivity index (χ1v) is 7.12. The van der Waals surface area contributed by atoms with Gasteiger partial charge in [-0.05, 0) is 67.1 Å². The summed E-state index contributed by atoms with van der Waals surface area (Å²) in [6, 6.07) is 11.0. The summed E-state index contributed by atoms with van der Waals surface area (Å²) in [6.07, 6.45) is 4.67. The van der Waals surface area contributed by atoms with Gasteiger partial charge in [0.05, 0.1) is 5.56 Å². The number of hydrogen-bond donors (Lipinski definition) is 2. The van der Waals surface area contributed by atoms with E-state index in [-0.39, 0.29) is 0 Å². The molecule has 0 aromatic heterocycles. The van der Waals surface area contributed by atoms with Gasteiger partial charge >= 0.3 is 0 Å². The lowest BCUT2D eigenvalue weighted by Crippen LogP contribution is -2.12. The largest absolute Gasteiger partial charge is 0.457 e. The summed E-state index contributed by atoms with van der Waals surface area (Å²) in [7, 11) is 0. The minimum absolute atomic E-state index is 0.299. The Labute approximate surface area is 123 Å². The number of anilines is 1. The van der Waals surface area contributed by atoms with Gasteiger partial charge in [-0.25, -0.2) is 0 Å². The van der Waals surface area contributed by atoms with E-state index in [1.54, 1.807) is 12.1 Å². The molecule has 0 bridgehead atoms. The molecule has 0 unspecified atom stereocenters. The number of amides is 1. The summed E-state index contributed by atoms with van der Waals surface area (Å²) in [5, 5.41) is 0. The lowest BCUT2D eigenvalue weighted by Gasteiger charge is -2.17. The Morgan fingerprint density at radius 1 is 1.00 bits per heavy atom. The maximum absolute atomic E-state index is 11.5. The normalized spacial score (nSPS) is 13.5. The molecular formula is C17H18N2O2. The van der Waals surface area contributed by atoms with Crippen molar-refractivity contribution in [2.24, 2.45) is 5.73 Å². The van der Waals surface area contributed by atoms with E-state index in [4.69, 9.17) is 16.2 Å². The zero-order valence-electron chi connectivity index (χ0n) is 11.8. The minimum atomic E-state index is -0.546. The number of primary amides is 1. The van der Waals surface area contributed by atoms with Crippen LogP contribution in [0, 0.1) is 0 Å². The third-order valence-corrected chi connectivity index (χ3v) is 3.82. The number of fused-ring (bicyclic) bond motifs is 1. The Bertz CT molecular complexity index is 695. The molecule has 4 heteroatoms. The van der Waals surface area contributed by atoms with E-state index in [0.717, 1.165) is 18.6 Å². The van der Waals surface area contributed by atoms with Crippen molar-refractivity contribution in [3.63, 3.8) is 0 Å². The quantitative estimate of drug-likeness (QED) is 0.849. The van der Waals surface area contributed by atoms with Gasteiger partial charge in [-0.1, -0.05) is 6.07 Å². The molecule has 0 fully saturated rings. The Hall–Kier alpha value is -2.49. The van der Waals surface area contributed by atoms with E-state index in [0.29, 0.717) is 17.0 Å². The van der Waals surface area contributed by atoms with Gasteiger partial charge in [-0.3, -0.25) is 4.79 Å². The van der Waals surface area contributed by atoms with E-state index >= 15 is 0 Å². The average molecular weight is 282 g/mol. The van der Waals surface area contributed by atoms with Crippen LogP contribution in [0.2, 0.25) is 0 Å². The number of ether oxygens (including phenoxy) is 1. The molecule has 1 aliphatic rings. The summed E-state index contributed by atoms with van der Waals surface area (Å²) in [5.74, 6) is 0.616. The molecule has 21 heavy (non-hydrogen) atoms. The monoisotopic (exact) mass is 282 g/mol. The second-order valence-corrected chi connectivity index (χ2v) is 5.36. The predicted molar refractivity (Wildman–Crippen MR) is 82.5 cm³/mol. The van der Waals surface area contributed by atoms with Crippen molar-refractivity contribution in [3.05, 3.63) is 53.1 Å². The highest BCUT2D eigenvalue weighted by molar-refractivity contribution is 5.96. The predicted octanol–water partition coefficient (Wildman–Crippen LogP) is 3.04. The Morgan fingerprint density at radius 2 is 1.76 bits per heavy atom. The van der Waals surface area contributed by atoms with Crippen molar-refractivity contribution in [1.29, 1.82) is 0 Å². The zero-order valence-corrected chi connectivity index (χ0v) is 11.8. The molecule has 4 nitrogen and oxygen atoms in total. The number of aryl methyl sites for hydroxylation is 2. The van der Waals surface area contributed by atoms with Crippen LogP contribution in [0.5, 0.6) is 11.5 Å². The number of carbonyl (C=O) groups excluding carboxylic acids is 1. The summed E-state index contributed by atoms with van der Waals surface area (Å²) in [4.78, 5) is 11.5. The van der Waals surface area contributed by atoms with Gasteiger partial charge < -0.3 is 16.2 Å². The van der Waals surface area contributed by atoms with Crippen LogP contribution in [0.4, 0.5) is 5.69 Å². The van der Waals surface area contributed by atoms with Crippen LogP contribution in [-0.4, -0.2) is 5.91 Å². The van der Waals surface area contributed by atoms with E-state index < -0.39 is 5.91 Å². The Kier molecular flexibility index (Phi) is 3.52. The second-order valence-electron chi connectivity index (χ2n) is 5.36. The van der Waals surface area contributed by atoms with Crippen LogP contribution in [-0.2, 0) is 12.8 Å². The molecule has 0 atom stereocenters. The van der Waals surface area contributed by atoms with Crippen molar-refractivity contribution in [3.8, 4) is 11.5 Å². The molecule has 2 aromatic rings. The van der Waals surface area contributed by atoms with Gasteiger partial charge in [0.2, 0.25) is 0 Å². The summed E-state index contributed by atoms with van der Waals surface area (Å²) in [6.45, 7) is 0. The molecule has 0 aliphatic heterocycles. The average Bonchev–Trinajstić information content (AvgIpc) is 2.49. The molecule has 0 spiro atoms. The number of nitrogens with two attached hydrogens (primary N) is 2. The topological polar surface area (TPSA) is 78.3 Å². The smallest absolute Gasteiger partial charge is 0.252 e. The first-order valence-electron chi connectivity index (χ1n) is 7.12. The minimum Gasteiger partial charge on any atom is -0.457 e. The summed E-state index contributed by atoms with van der Waals surface area (Å²) in [5.41, 5.74) is 14.6. The lowest BCUT2D eigenvalue weighted by atomic mass is 9.92. The molecule has 1 amide bonds. The van der Waals surface area contributed by atoms with Gasteiger partial charge in [0, 0.05) is 5.69 Å². The zero-order chi connectivity index (χ0) is 14.8. The number of nitrogen functional groups attached to an aromatic ring is 1. The third-order valence-electron chi connectivity index (χ3n) is 3.82. The van der Waals surface area contributed by atoms with Crippen molar-refractivity contribution in [2.75, 3.05) is 5.73 Å². The highest BCUT2D eigenvalue weighted by Gasteiger charge is 2.13. The third kappa shape index (κ3) is 2.84. The van der Waals surface area contributed by atoms with Crippen LogP contribution >= 0.6 is 0 Å². The molecule has 0 radical (unpaired) electrons. The molecule has 0 saturated carbocycles. The molecule has 3 rings (SSSR count). The Morgan fingerprint density at radius 3 is 2.52 bits per heavy atom. The van der Waals surface area contributed by atoms with Crippen molar-refractivity contribution >= 4 is 11.6 Å². The van der Waals surface area contributed by atoms with Gasteiger partial charge in [-0.2, -0.15) is 0 Å². The molecule has 2 aromatic carbocycles. The number of hydrogen-bond acceptors (Lipinski definition) is 3.